The van der Waals surface area contributed by atoms with E-state index in [9.17, 15) is 9.59 Å². The molecule has 6 nitrogen and oxygen atoms in total. The quantitative estimate of drug-likeness (QED) is 0.776. The fourth-order valence-corrected chi connectivity index (χ4v) is 3.30. The van der Waals surface area contributed by atoms with Crippen LogP contribution in [-0.2, 0) is 9.53 Å². The molecule has 1 aromatic heterocycles. The number of carbonyl (C=O) groups excluding carboxylic acids is 2. The van der Waals surface area contributed by atoms with Crippen LogP contribution in [-0.4, -0.2) is 61.5 Å². The van der Waals surface area contributed by atoms with Gasteiger partial charge in [-0.1, -0.05) is 0 Å². The summed E-state index contributed by atoms with van der Waals surface area (Å²) in [5, 5.41) is 0. The molecule has 2 amide bonds. The summed E-state index contributed by atoms with van der Waals surface area (Å²) in [5.74, 6) is 0.369. The van der Waals surface area contributed by atoms with E-state index in [4.69, 9.17) is 9.15 Å². The number of furan rings is 1. The number of amides is 2. The predicted octanol–water partition coefficient (Wildman–Crippen LogP) is 0.991. The summed E-state index contributed by atoms with van der Waals surface area (Å²) < 4.78 is 10.2. The van der Waals surface area contributed by atoms with Gasteiger partial charge in [0.15, 0.2) is 5.76 Å². The molecule has 2 aliphatic rings. The van der Waals surface area contributed by atoms with Gasteiger partial charge in [0, 0.05) is 33.3 Å². The van der Waals surface area contributed by atoms with E-state index in [0.29, 0.717) is 32.0 Å². The summed E-state index contributed by atoms with van der Waals surface area (Å²) >= 11 is 0. The second-order valence-corrected chi connectivity index (χ2v) is 5.81. The van der Waals surface area contributed by atoms with Crippen LogP contribution in [0.3, 0.4) is 0 Å². The molecule has 1 spiro atoms. The molecule has 0 radical (unpaired) electrons. The number of hydrogen-bond donors (Lipinski definition) is 0. The second-order valence-electron chi connectivity index (χ2n) is 5.81. The standard InChI is InChI=1S/C15H20N2O4/c1-20-9-7-17-11-15(14(17)19)5-3-6-16(10-15)13(18)12-4-2-8-21-12/h2,4,8H,3,5-7,9-11H2,1H3/t15-/m0/s1. The Morgan fingerprint density at radius 1 is 1.48 bits per heavy atom. The number of ether oxygens (including phenoxy) is 1. The summed E-state index contributed by atoms with van der Waals surface area (Å²) in [5.41, 5.74) is -0.381. The van der Waals surface area contributed by atoms with Gasteiger partial charge < -0.3 is 19.0 Å². The van der Waals surface area contributed by atoms with E-state index in [-0.39, 0.29) is 17.2 Å². The number of carbonyl (C=O) groups is 2. The minimum atomic E-state index is -0.381. The molecule has 0 saturated carbocycles. The molecule has 0 bridgehead atoms. The molecule has 3 rings (SSSR count). The second kappa shape index (κ2) is 5.52. The Hall–Kier alpha value is -1.82. The zero-order valence-corrected chi connectivity index (χ0v) is 12.2. The number of nitrogens with zero attached hydrogens (tertiary/aromatic N) is 2. The van der Waals surface area contributed by atoms with Gasteiger partial charge >= 0.3 is 0 Å². The molecule has 1 atom stereocenters. The Morgan fingerprint density at radius 3 is 3.00 bits per heavy atom. The van der Waals surface area contributed by atoms with Crippen LogP contribution < -0.4 is 0 Å². The summed E-state index contributed by atoms with van der Waals surface area (Å²) in [6, 6.07) is 3.37. The lowest BCUT2D eigenvalue weighted by molar-refractivity contribution is -0.165. The van der Waals surface area contributed by atoms with Crippen molar-refractivity contribution in [3.63, 3.8) is 0 Å². The Balaban J connectivity index is 1.64. The topological polar surface area (TPSA) is 63.0 Å². The van der Waals surface area contributed by atoms with E-state index in [1.165, 1.54) is 6.26 Å². The average molecular weight is 292 g/mol. The van der Waals surface area contributed by atoms with E-state index in [0.717, 1.165) is 19.4 Å². The Kier molecular flexibility index (Phi) is 3.71. The summed E-state index contributed by atoms with van der Waals surface area (Å²) in [7, 11) is 1.63. The molecular weight excluding hydrogens is 272 g/mol. The van der Waals surface area contributed by atoms with E-state index >= 15 is 0 Å². The Morgan fingerprint density at radius 2 is 2.33 bits per heavy atom. The SMILES string of the molecule is COCCN1C[C@@]2(CCCN(C(=O)c3ccco3)C2)C1=O. The number of rotatable bonds is 4. The van der Waals surface area contributed by atoms with Gasteiger partial charge in [-0.2, -0.15) is 0 Å². The van der Waals surface area contributed by atoms with Crippen LogP contribution in [0.1, 0.15) is 23.4 Å². The van der Waals surface area contributed by atoms with Crippen molar-refractivity contribution in [2.45, 2.75) is 12.8 Å². The molecule has 0 N–H and O–H groups in total. The molecule has 0 aromatic carbocycles. The van der Waals surface area contributed by atoms with Gasteiger partial charge in [-0.3, -0.25) is 9.59 Å². The average Bonchev–Trinajstić information content (AvgIpc) is 3.05. The molecule has 2 fully saturated rings. The van der Waals surface area contributed by atoms with Gasteiger partial charge in [-0.15, -0.1) is 0 Å². The Labute approximate surface area is 123 Å². The van der Waals surface area contributed by atoms with Crippen LogP contribution in [0, 0.1) is 5.41 Å². The smallest absolute Gasteiger partial charge is 0.289 e. The summed E-state index contributed by atoms with van der Waals surface area (Å²) in [6.07, 6.45) is 3.21. The normalized spacial score (nSPS) is 25.3. The highest BCUT2D eigenvalue weighted by Gasteiger charge is 2.54. The van der Waals surface area contributed by atoms with Crippen LogP contribution in [0.2, 0.25) is 0 Å². The first kappa shape index (κ1) is 14.1. The number of β-lactam (4-membered cyclic amide) rings is 1. The van der Waals surface area contributed by atoms with Crippen molar-refractivity contribution in [1.29, 1.82) is 0 Å². The first-order valence-corrected chi connectivity index (χ1v) is 7.27. The van der Waals surface area contributed by atoms with Crippen LogP contribution in [0.4, 0.5) is 0 Å². The number of likely N-dealkylation sites (tertiary alicyclic amines) is 2. The molecule has 2 aliphatic heterocycles. The van der Waals surface area contributed by atoms with Gasteiger partial charge in [0.05, 0.1) is 18.3 Å². The first-order valence-electron chi connectivity index (χ1n) is 7.27. The number of methoxy groups -OCH3 is 1. The van der Waals surface area contributed by atoms with Crippen molar-refractivity contribution in [3.8, 4) is 0 Å². The fraction of sp³-hybridized carbons (Fsp3) is 0.600. The summed E-state index contributed by atoms with van der Waals surface area (Å²) in [4.78, 5) is 28.3. The van der Waals surface area contributed by atoms with E-state index < -0.39 is 0 Å². The monoisotopic (exact) mass is 292 g/mol. The molecule has 0 unspecified atom stereocenters. The molecule has 1 aromatic rings. The van der Waals surface area contributed by atoms with Crippen LogP contribution >= 0.6 is 0 Å². The van der Waals surface area contributed by atoms with Gasteiger partial charge in [-0.05, 0) is 25.0 Å². The lowest BCUT2D eigenvalue weighted by Crippen LogP contribution is -2.67. The minimum Gasteiger partial charge on any atom is -0.459 e. The number of hydrogen-bond acceptors (Lipinski definition) is 4. The maximum atomic E-state index is 12.4. The van der Waals surface area contributed by atoms with Crippen LogP contribution in [0.5, 0.6) is 0 Å². The molecule has 2 saturated heterocycles. The third kappa shape index (κ3) is 2.44. The van der Waals surface area contributed by atoms with Crippen molar-refractivity contribution in [2.24, 2.45) is 5.41 Å². The summed E-state index contributed by atoms with van der Waals surface area (Å²) in [6.45, 7) is 3.08. The number of piperidine rings is 1. The predicted molar refractivity (Wildman–Crippen MR) is 74.7 cm³/mol. The van der Waals surface area contributed by atoms with Crippen LogP contribution in [0.15, 0.2) is 22.8 Å². The molecule has 0 aliphatic carbocycles. The van der Waals surface area contributed by atoms with E-state index in [1.54, 1.807) is 24.1 Å². The van der Waals surface area contributed by atoms with Crippen molar-refractivity contribution >= 4 is 11.8 Å². The Bertz CT molecular complexity index is 528. The third-order valence-corrected chi connectivity index (χ3v) is 4.40. The molecule has 6 heteroatoms. The van der Waals surface area contributed by atoms with Gasteiger partial charge in [0.25, 0.3) is 5.91 Å². The zero-order valence-electron chi connectivity index (χ0n) is 12.2. The molecule has 21 heavy (non-hydrogen) atoms. The highest BCUT2D eigenvalue weighted by Crippen LogP contribution is 2.40. The first-order chi connectivity index (χ1) is 10.2. The highest BCUT2D eigenvalue weighted by molar-refractivity contribution is 5.94. The largest absolute Gasteiger partial charge is 0.459 e. The van der Waals surface area contributed by atoms with Crippen molar-refractivity contribution in [1.82, 2.24) is 9.80 Å². The maximum Gasteiger partial charge on any atom is 0.289 e. The van der Waals surface area contributed by atoms with Gasteiger partial charge in [-0.25, -0.2) is 0 Å². The minimum absolute atomic E-state index is 0.123. The highest BCUT2D eigenvalue weighted by atomic mass is 16.5. The lowest BCUT2D eigenvalue weighted by atomic mass is 9.72. The van der Waals surface area contributed by atoms with Gasteiger partial charge in [0.2, 0.25) is 5.91 Å². The fourth-order valence-electron chi connectivity index (χ4n) is 3.30. The maximum absolute atomic E-state index is 12.4. The molecule has 3 heterocycles. The zero-order chi connectivity index (χ0) is 14.9. The van der Waals surface area contributed by atoms with E-state index in [2.05, 4.69) is 0 Å². The van der Waals surface area contributed by atoms with Crippen molar-refractivity contribution in [3.05, 3.63) is 24.2 Å². The molecule has 114 valence electrons. The van der Waals surface area contributed by atoms with E-state index in [1.807, 2.05) is 4.90 Å². The third-order valence-electron chi connectivity index (χ3n) is 4.40. The lowest BCUT2D eigenvalue weighted by Gasteiger charge is -2.53. The van der Waals surface area contributed by atoms with Crippen molar-refractivity contribution in [2.75, 3.05) is 39.9 Å². The molecular formula is C15H20N2O4. The van der Waals surface area contributed by atoms with Gasteiger partial charge in [0.1, 0.15) is 0 Å². The van der Waals surface area contributed by atoms with Crippen molar-refractivity contribution < 1.29 is 18.7 Å². The van der Waals surface area contributed by atoms with Crippen LogP contribution in [0.25, 0.3) is 0 Å².